The highest BCUT2D eigenvalue weighted by molar-refractivity contribution is 14.0. The highest BCUT2D eigenvalue weighted by atomic mass is 127. The van der Waals surface area contributed by atoms with Gasteiger partial charge < -0.3 is 10.6 Å². The quantitative estimate of drug-likeness (QED) is 0.227. The SMILES string of the molecule is CN=C(NCCCCCCC(C)C)NCC(C)(C)S(C)(=O)=O.I. The van der Waals surface area contributed by atoms with Crippen LogP contribution < -0.4 is 10.6 Å². The average Bonchev–Trinajstić information content (AvgIpc) is 2.39. The van der Waals surface area contributed by atoms with Gasteiger partial charge in [0.15, 0.2) is 15.8 Å². The molecule has 0 heterocycles. The minimum atomic E-state index is -3.09. The molecule has 0 aliphatic carbocycles. The van der Waals surface area contributed by atoms with Crippen molar-refractivity contribution in [3.8, 4) is 0 Å². The Kier molecular flexibility index (Phi) is 13.5. The molecule has 0 aliphatic rings. The number of nitrogens with one attached hydrogen (secondary N) is 2. The zero-order valence-corrected chi connectivity index (χ0v) is 18.8. The molecule has 140 valence electrons. The molecule has 0 amide bonds. The normalized spacial score (nSPS) is 12.9. The van der Waals surface area contributed by atoms with Crippen molar-refractivity contribution in [3.05, 3.63) is 0 Å². The summed E-state index contributed by atoms with van der Waals surface area (Å²) in [5.74, 6) is 1.46. The number of rotatable bonds is 10. The molecule has 0 radical (unpaired) electrons. The van der Waals surface area contributed by atoms with E-state index in [-0.39, 0.29) is 24.0 Å². The third-order valence-electron chi connectivity index (χ3n) is 3.91. The summed E-state index contributed by atoms with van der Waals surface area (Å²) in [5, 5.41) is 6.33. The van der Waals surface area contributed by atoms with E-state index in [4.69, 9.17) is 0 Å². The van der Waals surface area contributed by atoms with Gasteiger partial charge in [-0.15, -0.1) is 24.0 Å². The number of hydrogen-bond donors (Lipinski definition) is 2. The first-order valence-electron chi connectivity index (χ1n) is 8.24. The molecule has 0 saturated heterocycles. The van der Waals surface area contributed by atoms with Crippen LogP contribution in [0.2, 0.25) is 0 Å². The second kappa shape index (κ2) is 12.3. The largest absolute Gasteiger partial charge is 0.356 e. The van der Waals surface area contributed by atoms with Gasteiger partial charge in [0.05, 0.1) is 4.75 Å². The molecule has 23 heavy (non-hydrogen) atoms. The lowest BCUT2D eigenvalue weighted by Crippen LogP contribution is -2.47. The minimum Gasteiger partial charge on any atom is -0.356 e. The van der Waals surface area contributed by atoms with Crippen molar-refractivity contribution in [2.45, 2.75) is 64.5 Å². The first-order valence-corrected chi connectivity index (χ1v) is 10.1. The van der Waals surface area contributed by atoms with Gasteiger partial charge in [0.25, 0.3) is 0 Å². The molecule has 0 fully saturated rings. The summed E-state index contributed by atoms with van der Waals surface area (Å²) in [6.07, 6.45) is 7.46. The fraction of sp³-hybridized carbons (Fsp3) is 0.938. The van der Waals surface area contributed by atoms with Crippen LogP contribution in [0, 0.1) is 5.92 Å². The van der Waals surface area contributed by atoms with Crippen LogP contribution in [0.3, 0.4) is 0 Å². The smallest absolute Gasteiger partial charge is 0.191 e. The molecule has 0 rings (SSSR count). The molecule has 0 saturated carbocycles. The van der Waals surface area contributed by atoms with Crippen LogP contribution in [0.15, 0.2) is 4.99 Å². The number of guanidine groups is 1. The Labute approximate surface area is 160 Å². The summed E-state index contributed by atoms with van der Waals surface area (Å²) >= 11 is 0. The van der Waals surface area contributed by atoms with E-state index in [9.17, 15) is 8.42 Å². The molecule has 7 heteroatoms. The Hall–Kier alpha value is -0.0500. The summed E-state index contributed by atoms with van der Waals surface area (Å²) < 4.78 is 22.5. The standard InChI is InChI=1S/C16H35N3O2S.HI/c1-14(2)11-9-7-8-10-12-18-15(17-5)19-13-16(3,4)22(6,20)21;/h14H,7-13H2,1-6H3,(H2,17,18,19);1H. The Bertz CT molecular complexity index is 435. The Balaban J connectivity index is 0. The summed E-state index contributed by atoms with van der Waals surface area (Å²) in [4.78, 5) is 4.13. The number of unbranched alkanes of at least 4 members (excludes halogenated alkanes) is 3. The van der Waals surface area contributed by atoms with Crippen LogP contribution >= 0.6 is 24.0 Å². The topological polar surface area (TPSA) is 70.6 Å². The number of nitrogens with zero attached hydrogens (tertiary/aromatic N) is 1. The summed E-state index contributed by atoms with van der Waals surface area (Å²) in [6, 6.07) is 0. The lowest BCUT2D eigenvalue weighted by molar-refractivity contribution is 0.518. The zero-order valence-electron chi connectivity index (χ0n) is 15.6. The van der Waals surface area contributed by atoms with Crippen LogP contribution in [0.1, 0.15) is 59.8 Å². The molecule has 0 aromatic heterocycles. The van der Waals surface area contributed by atoms with Crippen LogP contribution in [0.5, 0.6) is 0 Å². The average molecular weight is 461 g/mol. The van der Waals surface area contributed by atoms with Gasteiger partial charge in [0, 0.05) is 26.4 Å². The van der Waals surface area contributed by atoms with Gasteiger partial charge in [-0.3, -0.25) is 4.99 Å². The lowest BCUT2D eigenvalue weighted by Gasteiger charge is -2.24. The first-order chi connectivity index (χ1) is 10.1. The maximum Gasteiger partial charge on any atom is 0.191 e. The molecule has 0 bridgehead atoms. The number of hydrogen-bond acceptors (Lipinski definition) is 3. The molecule has 0 aromatic rings. The van der Waals surface area contributed by atoms with Crippen LogP contribution in [-0.4, -0.2) is 45.5 Å². The Morgan fingerprint density at radius 1 is 1.09 bits per heavy atom. The van der Waals surface area contributed by atoms with E-state index in [1.807, 2.05) is 0 Å². The van der Waals surface area contributed by atoms with E-state index in [0.717, 1.165) is 18.9 Å². The molecule has 0 atom stereocenters. The van der Waals surface area contributed by atoms with E-state index in [0.29, 0.717) is 12.5 Å². The van der Waals surface area contributed by atoms with E-state index >= 15 is 0 Å². The zero-order chi connectivity index (χ0) is 17.2. The van der Waals surface area contributed by atoms with Gasteiger partial charge in [-0.2, -0.15) is 0 Å². The predicted octanol–water partition coefficient (Wildman–Crippen LogP) is 3.20. The third kappa shape index (κ3) is 12.0. The lowest BCUT2D eigenvalue weighted by atomic mass is 10.0. The van der Waals surface area contributed by atoms with Crippen molar-refractivity contribution in [3.63, 3.8) is 0 Å². The highest BCUT2D eigenvalue weighted by Crippen LogP contribution is 2.13. The molecule has 2 N–H and O–H groups in total. The fourth-order valence-corrected chi connectivity index (χ4v) is 2.22. The van der Waals surface area contributed by atoms with E-state index in [1.54, 1.807) is 20.9 Å². The van der Waals surface area contributed by atoms with Crippen LogP contribution in [-0.2, 0) is 9.84 Å². The van der Waals surface area contributed by atoms with Gasteiger partial charge >= 0.3 is 0 Å². The Morgan fingerprint density at radius 2 is 1.65 bits per heavy atom. The number of sulfone groups is 1. The minimum absolute atomic E-state index is 0. The van der Waals surface area contributed by atoms with E-state index in [2.05, 4.69) is 29.5 Å². The van der Waals surface area contributed by atoms with Gasteiger partial charge in [-0.1, -0.05) is 39.5 Å². The second-order valence-electron chi connectivity index (χ2n) is 6.98. The van der Waals surface area contributed by atoms with Crippen LogP contribution in [0.4, 0.5) is 0 Å². The number of aliphatic imine (C=N–C) groups is 1. The van der Waals surface area contributed by atoms with Gasteiger partial charge in [-0.05, 0) is 26.2 Å². The fourth-order valence-electron chi connectivity index (χ4n) is 1.89. The van der Waals surface area contributed by atoms with Crippen molar-refractivity contribution in [1.29, 1.82) is 0 Å². The molecule has 5 nitrogen and oxygen atoms in total. The maximum absolute atomic E-state index is 11.7. The van der Waals surface area contributed by atoms with Crippen molar-refractivity contribution in [2.75, 3.05) is 26.4 Å². The Morgan fingerprint density at radius 3 is 2.13 bits per heavy atom. The maximum atomic E-state index is 11.7. The molecule has 0 spiro atoms. The summed E-state index contributed by atoms with van der Waals surface area (Å²) in [5.41, 5.74) is 0. The molecular weight excluding hydrogens is 425 g/mol. The van der Waals surface area contributed by atoms with Crippen molar-refractivity contribution in [2.24, 2.45) is 10.9 Å². The highest BCUT2D eigenvalue weighted by Gasteiger charge is 2.30. The predicted molar refractivity (Wildman–Crippen MR) is 112 cm³/mol. The van der Waals surface area contributed by atoms with Gasteiger partial charge in [0.1, 0.15) is 0 Å². The number of halogens is 1. The van der Waals surface area contributed by atoms with E-state index < -0.39 is 14.6 Å². The van der Waals surface area contributed by atoms with Crippen molar-refractivity contribution >= 4 is 39.8 Å². The van der Waals surface area contributed by atoms with Crippen molar-refractivity contribution in [1.82, 2.24) is 10.6 Å². The summed E-state index contributed by atoms with van der Waals surface area (Å²) in [7, 11) is -1.39. The van der Waals surface area contributed by atoms with Gasteiger partial charge in [-0.25, -0.2) is 8.42 Å². The summed E-state index contributed by atoms with van der Waals surface area (Å²) in [6.45, 7) is 9.17. The molecular formula is C16H36IN3O2S. The third-order valence-corrected chi connectivity index (χ3v) is 6.06. The molecule has 0 unspecified atom stereocenters. The monoisotopic (exact) mass is 461 g/mol. The van der Waals surface area contributed by atoms with Gasteiger partial charge in [0.2, 0.25) is 0 Å². The molecule has 0 aliphatic heterocycles. The molecule has 0 aromatic carbocycles. The van der Waals surface area contributed by atoms with Crippen molar-refractivity contribution < 1.29 is 8.42 Å². The van der Waals surface area contributed by atoms with E-state index in [1.165, 1.54) is 31.9 Å². The first kappa shape index (κ1) is 25.2. The van der Waals surface area contributed by atoms with Crippen LogP contribution in [0.25, 0.3) is 0 Å². The second-order valence-corrected chi connectivity index (χ2v) is 9.63.